The highest BCUT2D eigenvalue weighted by atomic mass is 32.2. The van der Waals surface area contributed by atoms with Gasteiger partial charge in [-0.3, -0.25) is 4.98 Å². The van der Waals surface area contributed by atoms with Gasteiger partial charge >= 0.3 is 6.09 Å². The van der Waals surface area contributed by atoms with Crippen molar-refractivity contribution in [1.82, 2.24) is 14.2 Å². The number of pyridine rings is 1. The molecule has 0 aliphatic carbocycles. The van der Waals surface area contributed by atoms with E-state index in [2.05, 4.69) is 4.98 Å². The number of nitrogens with zero attached hydrogens (tertiary/aromatic N) is 3. The van der Waals surface area contributed by atoms with Crippen LogP contribution in [0.25, 0.3) is 10.8 Å². The van der Waals surface area contributed by atoms with Gasteiger partial charge in [-0.1, -0.05) is 12.1 Å². The lowest BCUT2D eigenvalue weighted by atomic mass is 9.93. The van der Waals surface area contributed by atoms with E-state index < -0.39 is 15.6 Å². The van der Waals surface area contributed by atoms with Crippen LogP contribution < -0.4 is 0 Å². The van der Waals surface area contributed by atoms with Gasteiger partial charge in [-0.25, -0.2) is 13.2 Å². The molecule has 0 bridgehead atoms. The van der Waals surface area contributed by atoms with Crippen LogP contribution in [-0.2, 0) is 14.8 Å². The topological polar surface area (TPSA) is 79.8 Å². The maximum Gasteiger partial charge on any atom is 0.410 e. The van der Waals surface area contributed by atoms with E-state index in [0.29, 0.717) is 25.0 Å². The Labute approximate surface area is 159 Å². The van der Waals surface area contributed by atoms with Gasteiger partial charge in [0.25, 0.3) is 0 Å². The summed E-state index contributed by atoms with van der Waals surface area (Å²) in [6.07, 6.45) is 2.88. The molecule has 0 spiro atoms. The number of amides is 1. The van der Waals surface area contributed by atoms with Crippen molar-refractivity contribution in [1.29, 1.82) is 0 Å². The summed E-state index contributed by atoms with van der Waals surface area (Å²) in [6.45, 7) is 6.72. The highest BCUT2D eigenvalue weighted by Crippen LogP contribution is 2.37. The normalized spacial score (nSPS) is 23.1. The van der Waals surface area contributed by atoms with Gasteiger partial charge in [-0.05, 0) is 32.9 Å². The fourth-order valence-corrected chi connectivity index (χ4v) is 5.51. The van der Waals surface area contributed by atoms with E-state index in [1.807, 2.05) is 26.8 Å². The van der Waals surface area contributed by atoms with Crippen molar-refractivity contribution in [2.45, 2.75) is 37.3 Å². The Bertz CT molecular complexity index is 994. The lowest BCUT2D eigenvalue weighted by molar-refractivity contribution is -0.0164. The van der Waals surface area contributed by atoms with Crippen LogP contribution in [0.2, 0.25) is 0 Å². The molecule has 7 nitrogen and oxygen atoms in total. The molecule has 2 atom stereocenters. The third kappa shape index (κ3) is 3.17. The second-order valence-corrected chi connectivity index (χ2v) is 10.0. The SMILES string of the molecule is CC(C)(C)OC(=O)N1CC2CN(S(=O)(=O)c3cccc4cnccc34)CC21. The minimum absolute atomic E-state index is 0.119. The van der Waals surface area contributed by atoms with Crippen molar-refractivity contribution in [2.24, 2.45) is 5.92 Å². The molecule has 0 saturated carbocycles. The average molecular weight is 389 g/mol. The third-order valence-corrected chi connectivity index (χ3v) is 6.98. The quantitative estimate of drug-likeness (QED) is 0.788. The molecule has 2 aliphatic rings. The number of fused-ring (bicyclic) bond motifs is 2. The summed E-state index contributed by atoms with van der Waals surface area (Å²) in [4.78, 5) is 18.3. The number of rotatable bonds is 2. The molecular formula is C19H23N3O4S. The van der Waals surface area contributed by atoms with Gasteiger partial charge in [0.2, 0.25) is 10.0 Å². The summed E-state index contributed by atoms with van der Waals surface area (Å²) in [5, 5.41) is 1.45. The van der Waals surface area contributed by atoms with Gasteiger partial charge in [0.15, 0.2) is 0 Å². The number of hydrogen-bond acceptors (Lipinski definition) is 5. The molecule has 2 saturated heterocycles. The van der Waals surface area contributed by atoms with Gasteiger partial charge in [-0.2, -0.15) is 4.31 Å². The fraction of sp³-hybridized carbons (Fsp3) is 0.474. The Kier molecular flexibility index (Phi) is 4.16. The molecule has 4 rings (SSSR count). The van der Waals surface area contributed by atoms with E-state index in [9.17, 15) is 13.2 Å². The largest absolute Gasteiger partial charge is 0.444 e. The summed E-state index contributed by atoms with van der Waals surface area (Å²) < 4.78 is 33.4. The number of carbonyl (C=O) groups excluding carboxylic acids is 1. The first-order valence-corrected chi connectivity index (χ1v) is 10.4. The van der Waals surface area contributed by atoms with Crippen molar-refractivity contribution < 1.29 is 17.9 Å². The summed E-state index contributed by atoms with van der Waals surface area (Å²) >= 11 is 0. The highest BCUT2D eigenvalue weighted by Gasteiger charge is 2.52. The fourth-order valence-electron chi connectivity index (χ4n) is 3.78. The second-order valence-electron chi connectivity index (χ2n) is 8.14. The minimum atomic E-state index is -3.65. The summed E-state index contributed by atoms with van der Waals surface area (Å²) in [5.74, 6) is 0.156. The number of ether oxygens (including phenoxy) is 1. The van der Waals surface area contributed by atoms with E-state index in [1.165, 1.54) is 4.31 Å². The zero-order valence-corrected chi connectivity index (χ0v) is 16.4. The zero-order valence-electron chi connectivity index (χ0n) is 15.6. The van der Waals surface area contributed by atoms with Crippen LogP contribution in [0.1, 0.15) is 20.8 Å². The first-order valence-electron chi connectivity index (χ1n) is 8.99. The molecule has 144 valence electrons. The van der Waals surface area contributed by atoms with E-state index in [-0.39, 0.29) is 22.9 Å². The number of aromatic nitrogens is 1. The van der Waals surface area contributed by atoms with Crippen molar-refractivity contribution in [3.63, 3.8) is 0 Å². The van der Waals surface area contributed by atoms with Gasteiger partial charge in [0.1, 0.15) is 5.60 Å². The number of benzene rings is 1. The van der Waals surface area contributed by atoms with Crippen LogP contribution in [0, 0.1) is 5.92 Å². The average Bonchev–Trinajstić information content (AvgIpc) is 2.90. The Hall–Kier alpha value is -2.19. The van der Waals surface area contributed by atoms with Crippen molar-refractivity contribution in [2.75, 3.05) is 19.6 Å². The second kappa shape index (κ2) is 6.17. The first kappa shape index (κ1) is 18.2. The molecule has 1 amide bonds. The van der Waals surface area contributed by atoms with Crippen molar-refractivity contribution in [3.8, 4) is 0 Å². The Morgan fingerprint density at radius 2 is 1.96 bits per heavy atom. The van der Waals surface area contributed by atoms with E-state index in [0.717, 1.165) is 5.39 Å². The van der Waals surface area contributed by atoms with Crippen LogP contribution in [0.5, 0.6) is 0 Å². The molecule has 1 aromatic heterocycles. The van der Waals surface area contributed by atoms with E-state index in [4.69, 9.17) is 4.74 Å². The first-order chi connectivity index (χ1) is 12.7. The van der Waals surface area contributed by atoms with Crippen molar-refractivity contribution >= 4 is 26.9 Å². The summed E-state index contributed by atoms with van der Waals surface area (Å²) in [5.41, 5.74) is -0.566. The Morgan fingerprint density at radius 3 is 2.70 bits per heavy atom. The summed E-state index contributed by atoms with van der Waals surface area (Å²) in [6, 6.07) is 6.81. The molecule has 0 radical (unpaired) electrons. The van der Waals surface area contributed by atoms with Gasteiger partial charge in [-0.15, -0.1) is 0 Å². The minimum Gasteiger partial charge on any atom is -0.444 e. The molecular weight excluding hydrogens is 366 g/mol. The van der Waals surface area contributed by atoms with Crippen LogP contribution in [0.4, 0.5) is 4.79 Å². The molecule has 8 heteroatoms. The molecule has 0 N–H and O–H groups in total. The molecule has 2 fully saturated rings. The zero-order chi connectivity index (χ0) is 19.4. The molecule has 2 aromatic rings. The number of hydrogen-bond donors (Lipinski definition) is 0. The molecule has 2 aliphatic heterocycles. The number of carbonyl (C=O) groups is 1. The van der Waals surface area contributed by atoms with Gasteiger partial charge in [0, 0.05) is 48.7 Å². The number of sulfonamides is 1. The monoisotopic (exact) mass is 389 g/mol. The van der Waals surface area contributed by atoms with E-state index in [1.54, 1.807) is 35.5 Å². The van der Waals surface area contributed by atoms with Crippen LogP contribution in [0.15, 0.2) is 41.6 Å². The Balaban J connectivity index is 1.56. The predicted molar refractivity (Wildman–Crippen MR) is 101 cm³/mol. The maximum atomic E-state index is 13.2. The summed E-state index contributed by atoms with van der Waals surface area (Å²) in [7, 11) is -3.65. The number of likely N-dealkylation sites (tertiary alicyclic amines) is 1. The highest BCUT2D eigenvalue weighted by molar-refractivity contribution is 7.89. The van der Waals surface area contributed by atoms with Gasteiger partial charge < -0.3 is 9.64 Å². The third-order valence-electron chi connectivity index (χ3n) is 5.09. The molecule has 3 heterocycles. The smallest absolute Gasteiger partial charge is 0.410 e. The molecule has 2 unspecified atom stereocenters. The Morgan fingerprint density at radius 1 is 1.19 bits per heavy atom. The lowest BCUT2D eigenvalue weighted by Crippen LogP contribution is -2.59. The van der Waals surface area contributed by atoms with Crippen molar-refractivity contribution in [3.05, 3.63) is 36.7 Å². The van der Waals surface area contributed by atoms with Gasteiger partial charge in [0.05, 0.1) is 10.9 Å². The lowest BCUT2D eigenvalue weighted by Gasteiger charge is -2.43. The van der Waals surface area contributed by atoms with Crippen LogP contribution in [0.3, 0.4) is 0 Å². The predicted octanol–water partition coefficient (Wildman–Crippen LogP) is 2.47. The van der Waals surface area contributed by atoms with Crippen LogP contribution in [-0.4, -0.2) is 60.0 Å². The van der Waals surface area contributed by atoms with E-state index >= 15 is 0 Å². The van der Waals surface area contributed by atoms with Crippen LogP contribution >= 0.6 is 0 Å². The molecule has 1 aromatic carbocycles. The standard InChI is InChI=1S/C19H23N3O4S/c1-19(2,3)26-18(23)22-11-14-10-21(12-16(14)22)27(24,25)17-6-4-5-13-9-20-8-7-15(13)17/h4-9,14,16H,10-12H2,1-3H3. The maximum absolute atomic E-state index is 13.2. The molecule has 27 heavy (non-hydrogen) atoms.